The number of allylic oxidation sites excluding steroid dienone is 1. The van der Waals surface area contributed by atoms with Crippen LogP contribution in [0, 0.1) is 16.7 Å². The third kappa shape index (κ3) is 13.7. The molecule has 2 rings (SSSR count). The molecule has 4 N–H and O–H groups in total. The molecule has 0 aromatic rings. The van der Waals surface area contributed by atoms with Crippen molar-refractivity contribution in [1.82, 2.24) is 31.1 Å². The third-order valence-electron chi connectivity index (χ3n) is 10.1. The van der Waals surface area contributed by atoms with E-state index in [1.807, 2.05) is 20.8 Å². The number of amides is 5. The summed E-state index contributed by atoms with van der Waals surface area (Å²) >= 11 is 0. The summed E-state index contributed by atoms with van der Waals surface area (Å²) < 4.78 is 5.58. The van der Waals surface area contributed by atoms with Crippen LogP contribution in [0.5, 0.6) is 0 Å². The molecule has 3 unspecified atom stereocenters. The molecule has 13 nitrogen and oxygen atoms in total. The molecular weight excluding hydrogens is 676 g/mol. The number of ether oxygens (including phenoxy) is 1. The summed E-state index contributed by atoms with van der Waals surface area (Å²) in [5, 5.41) is 12.1. The van der Waals surface area contributed by atoms with Gasteiger partial charge in [-0.25, -0.2) is 4.79 Å². The number of likely N-dealkylation sites (N-methyl/N-ethyl adjacent to an activating group) is 2. The van der Waals surface area contributed by atoms with E-state index in [9.17, 15) is 28.8 Å². The van der Waals surface area contributed by atoms with Crippen molar-refractivity contribution < 1.29 is 33.5 Å². The average Bonchev–Trinajstić information content (AvgIpc) is 3.38. The molecule has 1 heterocycles. The highest BCUT2D eigenvalue weighted by Gasteiger charge is 2.43. The van der Waals surface area contributed by atoms with Gasteiger partial charge in [0.2, 0.25) is 17.7 Å². The Hall–Kier alpha value is -4.00. The second-order valence-electron chi connectivity index (χ2n) is 17.1. The highest BCUT2D eigenvalue weighted by atomic mass is 16.6. The minimum absolute atomic E-state index is 0.0962. The van der Waals surface area contributed by atoms with Crippen molar-refractivity contribution in [3.8, 4) is 0 Å². The van der Waals surface area contributed by atoms with Crippen molar-refractivity contribution in [3.05, 3.63) is 36.1 Å². The minimum atomic E-state index is -0.993. The van der Waals surface area contributed by atoms with E-state index in [-0.39, 0.29) is 55.1 Å². The monoisotopic (exact) mass is 742 g/mol. The lowest BCUT2D eigenvalue weighted by Gasteiger charge is -2.43. The zero-order valence-electron chi connectivity index (χ0n) is 34.1. The highest BCUT2D eigenvalue weighted by molar-refractivity contribution is 6.12. The Labute approximate surface area is 317 Å². The van der Waals surface area contributed by atoms with Crippen LogP contribution in [-0.4, -0.2) is 103 Å². The van der Waals surface area contributed by atoms with Crippen LogP contribution in [0.25, 0.3) is 0 Å². The summed E-state index contributed by atoms with van der Waals surface area (Å²) in [5.74, 6) is -1.94. The van der Waals surface area contributed by atoms with Gasteiger partial charge in [-0.3, -0.25) is 28.9 Å². The van der Waals surface area contributed by atoms with Gasteiger partial charge in [0, 0.05) is 50.1 Å². The number of hydrogen-bond acceptors (Lipinski definition) is 9. The van der Waals surface area contributed by atoms with Gasteiger partial charge in [-0.15, -0.1) is 0 Å². The van der Waals surface area contributed by atoms with E-state index >= 15 is 0 Å². The molecule has 298 valence electrons. The number of esters is 1. The van der Waals surface area contributed by atoms with Crippen molar-refractivity contribution in [3.63, 3.8) is 0 Å². The van der Waals surface area contributed by atoms with Gasteiger partial charge >= 0.3 is 5.97 Å². The van der Waals surface area contributed by atoms with Crippen molar-refractivity contribution >= 4 is 35.5 Å². The summed E-state index contributed by atoms with van der Waals surface area (Å²) in [6.45, 7) is 21.3. The molecule has 0 bridgehead atoms. The van der Waals surface area contributed by atoms with Gasteiger partial charge in [-0.1, -0.05) is 66.5 Å². The SMILES string of the molecule is C=C(CCC(NC(=O)/C(C)=C/CN(C)C(=O)C(NC(=O)C(NC)C(C)(C)C1CCCCC1)C(C)(C)C)C(=O)OC(C)(C)C)NCCN1C(=O)C=CC1=O. The van der Waals surface area contributed by atoms with Crippen LogP contribution in [-0.2, 0) is 33.5 Å². The van der Waals surface area contributed by atoms with Gasteiger partial charge in [-0.2, -0.15) is 0 Å². The Morgan fingerprint density at radius 2 is 1.55 bits per heavy atom. The molecule has 5 amide bonds. The number of rotatable bonds is 18. The topological polar surface area (TPSA) is 166 Å². The first-order chi connectivity index (χ1) is 24.5. The fourth-order valence-electron chi connectivity index (χ4n) is 6.77. The molecule has 1 saturated carbocycles. The van der Waals surface area contributed by atoms with E-state index in [1.165, 1.54) is 23.5 Å². The molecule has 0 saturated heterocycles. The highest BCUT2D eigenvalue weighted by Crippen LogP contribution is 2.41. The zero-order valence-corrected chi connectivity index (χ0v) is 34.1. The Bertz CT molecular complexity index is 1400. The van der Waals surface area contributed by atoms with E-state index in [0.29, 0.717) is 23.6 Å². The molecule has 0 aromatic carbocycles. The first-order valence-corrected chi connectivity index (χ1v) is 18.9. The van der Waals surface area contributed by atoms with Crippen molar-refractivity contribution in [2.75, 3.05) is 33.7 Å². The fraction of sp³-hybridized carbons (Fsp3) is 0.700. The van der Waals surface area contributed by atoms with Gasteiger partial charge in [0.25, 0.3) is 11.8 Å². The van der Waals surface area contributed by atoms with E-state index in [4.69, 9.17) is 4.74 Å². The third-order valence-corrected chi connectivity index (χ3v) is 10.1. The number of nitrogens with one attached hydrogen (secondary N) is 4. The molecule has 0 spiro atoms. The number of carbonyl (C=O) groups excluding carboxylic acids is 6. The molecular formula is C40H66N6O7. The maximum absolute atomic E-state index is 13.8. The smallest absolute Gasteiger partial charge is 0.329 e. The Balaban J connectivity index is 2.07. The van der Waals surface area contributed by atoms with Crippen LogP contribution < -0.4 is 21.3 Å². The average molecular weight is 743 g/mol. The van der Waals surface area contributed by atoms with Crippen molar-refractivity contribution in [1.29, 1.82) is 0 Å². The van der Waals surface area contributed by atoms with E-state index in [1.54, 1.807) is 47.9 Å². The standard InChI is InChI=1S/C40H66N6O7/c1-26(34(49)43-29(37(52)53-39(6,7)8)19-18-27(2)42-23-25-46-30(47)20-21-31(46)48)22-24-45(12)36(51)33(38(3,4)5)44-35(50)32(41-11)40(9,10)28-16-14-13-15-17-28/h20-22,28-29,32-33,41-42H,2,13-19,23-25H2,1,3-12H3,(H,43,49)(H,44,50)/b26-22+. The Morgan fingerprint density at radius 3 is 2.08 bits per heavy atom. The molecule has 13 heteroatoms. The van der Waals surface area contributed by atoms with E-state index in [2.05, 4.69) is 41.7 Å². The lowest BCUT2D eigenvalue weighted by atomic mass is 9.66. The largest absolute Gasteiger partial charge is 0.458 e. The normalized spacial score (nSPS) is 17.6. The van der Waals surface area contributed by atoms with Crippen molar-refractivity contribution in [2.45, 2.75) is 131 Å². The quantitative estimate of drug-likeness (QED) is 0.0930. The van der Waals surface area contributed by atoms with Crippen LogP contribution in [0.15, 0.2) is 36.1 Å². The summed E-state index contributed by atoms with van der Waals surface area (Å²) in [5.41, 5.74) is -0.830. The Kier molecular flexibility index (Phi) is 16.5. The number of nitrogens with zero attached hydrogens (tertiary/aromatic N) is 2. The fourth-order valence-corrected chi connectivity index (χ4v) is 6.77. The second-order valence-corrected chi connectivity index (χ2v) is 17.1. The van der Waals surface area contributed by atoms with Crippen LogP contribution in [0.1, 0.15) is 107 Å². The number of imide groups is 1. The first kappa shape index (κ1) is 45.2. The van der Waals surface area contributed by atoms with Gasteiger partial charge in [0.15, 0.2) is 0 Å². The molecule has 2 aliphatic rings. The molecule has 3 atom stereocenters. The lowest BCUT2D eigenvalue weighted by molar-refractivity contribution is -0.158. The van der Waals surface area contributed by atoms with Gasteiger partial charge in [0.1, 0.15) is 17.7 Å². The molecule has 1 fully saturated rings. The van der Waals surface area contributed by atoms with Crippen LogP contribution in [0.4, 0.5) is 0 Å². The summed E-state index contributed by atoms with van der Waals surface area (Å²) in [6, 6.07) is -2.28. The maximum Gasteiger partial charge on any atom is 0.329 e. The lowest BCUT2D eigenvalue weighted by Crippen LogP contribution is -2.61. The number of hydrogen-bond donors (Lipinski definition) is 4. The number of carbonyl (C=O) groups is 6. The Morgan fingerprint density at radius 1 is 0.962 bits per heavy atom. The summed E-state index contributed by atoms with van der Waals surface area (Å²) in [7, 11) is 3.42. The molecule has 1 aliphatic heterocycles. The van der Waals surface area contributed by atoms with Gasteiger partial charge in [0.05, 0.1) is 6.04 Å². The maximum atomic E-state index is 13.8. The van der Waals surface area contributed by atoms with Crippen LogP contribution in [0.2, 0.25) is 0 Å². The first-order valence-electron chi connectivity index (χ1n) is 18.9. The van der Waals surface area contributed by atoms with Gasteiger partial charge in [-0.05, 0) is 77.2 Å². The minimum Gasteiger partial charge on any atom is -0.458 e. The molecule has 0 radical (unpaired) electrons. The predicted molar refractivity (Wildman–Crippen MR) is 206 cm³/mol. The molecule has 53 heavy (non-hydrogen) atoms. The summed E-state index contributed by atoms with van der Waals surface area (Å²) in [4.78, 5) is 80.3. The summed E-state index contributed by atoms with van der Waals surface area (Å²) in [6.07, 6.45) is 10.2. The van der Waals surface area contributed by atoms with Crippen LogP contribution in [0.3, 0.4) is 0 Å². The van der Waals surface area contributed by atoms with E-state index in [0.717, 1.165) is 30.6 Å². The molecule has 0 aromatic heterocycles. The predicted octanol–water partition coefficient (Wildman–Crippen LogP) is 3.75. The zero-order chi connectivity index (χ0) is 40.3. The second kappa shape index (κ2) is 19.4. The van der Waals surface area contributed by atoms with E-state index < -0.39 is 41.0 Å². The molecule has 1 aliphatic carbocycles. The van der Waals surface area contributed by atoms with Crippen molar-refractivity contribution in [2.24, 2.45) is 16.7 Å². The van der Waals surface area contributed by atoms with Gasteiger partial charge < -0.3 is 30.9 Å². The van der Waals surface area contributed by atoms with Crippen LogP contribution >= 0.6 is 0 Å².